The maximum atomic E-state index is 13.9. The van der Waals surface area contributed by atoms with Gasteiger partial charge in [0.05, 0.1) is 22.4 Å². The molecule has 0 unspecified atom stereocenters. The van der Waals surface area contributed by atoms with Crippen LogP contribution in [0.5, 0.6) is 0 Å². The first-order valence-electron chi connectivity index (χ1n) is 7.46. The number of carbonyl (C=O) groups is 1. The van der Waals surface area contributed by atoms with Gasteiger partial charge in [0.2, 0.25) is 5.91 Å². The SMILES string of the molecule is O=C1CCN(Cc2ccc(F)cc2F)CN1c1c(Cl)cc(Br)cc1Cl. The minimum absolute atomic E-state index is 0.109. The number of halogens is 5. The van der Waals surface area contributed by atoms with Crippen LogP contribution in [0, 0.1) is 11.6 Å². The Morgan fingerprint density at radius 3 is 2.44 bits per heavy atom. The zero-order valence-corrected chi connectivity index (χ0v) is 16.0. The van der Waals surface area contributed by atoms with Crippen molar-refractivity contribution in [1.29, 1.82) is 0 Å². The van der Waals surface area contributed by atoms with Crippen molar-refractivity contribution in [3.8, 4) is 0 Å². The molecule has 2 aromatic rings. The van der Waals surface area contributed by atoms with Gasteiger partial charge in [0.1, 0.15) is 11.6 Å². The number of benzene rings is 2. The smallest absolute Gasteiger partial charge is 0.229 e. The van der Waals surface area contributed by atoms with Crippen LogP contribution in [0.4, 0.5) is 14.5 Å². The minimum Gasteiger partial charge on any atom is -0.296 e. The molecule has 0 saturated carbocycles. The molecule has 0 spiro atoms. The summed E-state index contributed by atoms with van der Waals surface area (Å²) in [7, 11) is 0. The van der Waals surface area contributed by atoms with Crippen LogP contribution in [0.2, 0.25) is 10.0 Å². The zero-order chi connectivity index (χ0) is 18.1. The highest BCUT2D eigenvalue weighted by Crippen LogP contribution is 2.38. The van der Waals surface area contributed by atoms with E-state index < -0.39 is 11.6 Å². The van der Waals surface area contributed by atoms with Gasteiger partial charge in [-0.25, -0.2) is 8.78 Å². The fourth-order valence-corrected chi connectivity index (χ4v) is 4.16. The number of nitrogens with zero attached hydrogens (tertiary/aromatic N) is 2. The maximum absolute atomic E-state index is 13.9. The van der Waals surface area contributed by atoms with E-state index in [2.05, 4.69) is 15.9 Å². The quantitative estimate of drug-likeness (QED) is 0.640. The lowest BCUT2D eigenvalue weighted by atomic mass is 10.1. The van der Waals surface area contributed by atoms with E-state index in [1.54, 1.807) is 12.1 Å². The molecule has 0 radical (unpaired) electrons. The highest BCUT2D eigenvalue weighted by atomic mass is 79.9. The standard InChI is InChI=1S/C17H13BrCl2F2N2O/c18-11-5-13(19)17(14(20)6-11)24-9-23(4-3-16(24)25)8-10-1-2-12(21)7-15(10)22/h1-2,5-7H,3-4,8-9H2. The van der Waals surface area contributed by atoms with Crippen molar-refractivity contribution in [2.75, 3.05) is 18.1 Å². The minimum atomic E-state index is -0.620. The summed E-state index contributed by atoms with van der Waals surface area (Å²) in [6.45, 7) is 0.941. The second kappa shape index (κ2) is 7.58. The molecule has 1 aliphatic rings. The van der Waals surface area contributed by atoms with Gasteiger partial charge in [-0.05, 0) is 18.2 Å². The lowest BCUT2D eigenvalue weighted by molar-refractivity contribution is -0.121. The average molecular weight is 450 g/mol. The van der Waals surface area contributed by atoms with Gasteiger partial charge in [0, 0.05) is 35.6 Å². The van der Waals surface area contributed by atoms with E-state index >= 15 is 0 Å². The molecule has 1 saturated heterocycles. The maximum Gasteiger partial charge on any atom is 0.229 e. The first kappa shape index (κ1) is 18.6. The predicted octanol–water partition coefficient (Wildman–Crippen LogP) is 5.23. The van der Waals surface area contributed by atoms with Crippen LogP contribution in [0.25, 0.3) is 0 Å². The third kappa shape index (κ3) is 4.14. The monoisotopic (exact) mass is 448 g/mol. The molecule has 1 aliphatic heterocycles. The van der Waals surface area contributed by atoms with Crippen molar-refractivity contribution in [2.24, 2.45) is 0 Å². The normalized spacial score (nSPS) is 15.7. The first-order chi connectivity index (χ1) is 11.8. The largest absolute Gasteiger partial charge is 0.296 e. The number of amides is 1. The van der Waals surface area contributed by atoms with Crippen molar-refractivity contribution in [1.82, 2.24) is 4.90 Å². The number of hydrogen-bond acceptors (Lipinski definition) is 2. The molecule has 0 N–H and O–H groups in total. The Morgan fingerprint density at radius 1 is 1.12 bits per heavy atom. The zero-order valence-electron chi connectivity index (χ0n) is 12.9. The summed E-state index contributed by atoms with van der Waals surface area (Å²) in [6.07, 6.45) is 0.255. The molecule has 2 aromatic carbocycles. The van der Waals surface area contributed by atoms with E-state index in [9.17, 15) is 13.6 Å². The van der Waals surface area contributed by atoms with Gasteiger partial charge in [-0.2, -0.15) is 0 Å². The fourth-order valence-electron chi connectivity index (χ4n) is 2.75. The van der Waals surface area contributed by atoms with Crippen LogP contribution in [0.15, 0.2) is 34.8 Å². The highest BCUT2D eigenvalue weighted by Gasteiger charge is 2.28. The topological polar surface area (TPSA) is 23.6 Å². The van der Waals surface area contributed by atoms with Gasteiger partial charge < -0.3 is 0 Å². The lowest BCUT2D eigenvalue weighted by Gasteiger charge is -2.36. The van der Waals surface area contributed by atoms with Crippen molar-refractivity contribution in [3.05, 3.63) is 62.0 Å². The van der Waals surface area contributed by atoms with Crippen molar-refractivity contribution >= 4 is 50.7 Å². The molecule has 8 heteroatoms. The summed E-state index contributed by atoms with van der Waals surface area (Å²) in [5.74, 6) is -1.34. The van der Waals surface area contributed by atoms with E-state index in [0.717, 1.165) is 6.07 Å². The van der Waals surface area contributed by atoms with Gasteiger partial charge in [0.25, 0.3) is 0 Å². The summed E-state index contributed by atoms with van der Waals surface area (Å²) in [5, 5.41) is 0.699. The Hall–Kier alpha value is -1.21. The van der Waals surface area contributed by atoms with Gasteiger partial charge in [-0.15, -0.1) is 0 Å². The van der Waals surface area contributed by atoms with Crippen LogP contribution in [-0.2, 0) is 11.3 Å². The molecule has 1 amide bonds. The number of rotatable bonds is 3. The summed E-state index contributed by atoms with van der Waals surface area (Å²) in [6, 6.07) is 6.80. The fraction of sp³-hybridized carbons (Fsp3) is 0.235. The molecule has 0 aliphatic carbocycles. The van der Waals surface area contributed by atoms with E-state index in [-0.39, 0.29) is 25.5 Å². The van der Waals surface area contributed by atoms with Crippen molar-refractivity contribution in [3.63, 3.8) is 0 Å². The molecule has 0 aromatic heterocycles. The summed E-state index contributed by atoms with van der Waals surface area (Å²) in [4.78, 5) is 15.7. The second-order valence-electron chi connectivity index (χ2n) is 5.72. The van der Waals surface area contributed by atoms with Crippen LogP contribution in [0.3, 0.4) is 0 Å². The molecular weight excluding hydrogens is 437 g/mol. The summed E-state index contributed by atoms with van der Waals surface area (Å²) in [5.41, 5.74) is 0.796. The Balaban J connectivity index is 1.84. The van der Waals surface area contributed by atoms with E-state index in [0.29, 0.717) is 32.3 Å². The molecule has 3 rings (SSSR count). The van der Waals surface area contributed by atoms with Gasteiger partial charge in [-0.1, -0.05) is 45.2 Å². The molecule has 0 bridgehead atoms. The molecule has 25 heavy (non-hydrogen) atoms. The molecule has 0 atom stereocenters. The molecular formula is C17H13BrCl2F2N2O. The highest BCUT2D eigenvalue weighted by molar-refractivity contribution is 9.10. The molecule has 132 valence electrons. The number of carbonyl (C=O) groups excluding carboxylic acids is 1. The molecule has 3 nitrogen and oxygen atoms in total. The third-order valence-electron chi connectivity index (χ3n) is 3.95. The Kier molecular flexibility index (Phi) is 5.63. The van der Waals surface area contributed by atoms with Crippen LogP contribution < -0.4 is 4.90 Å². The van der Waals surface area contributed by atoms with E-state index in [1.807, 2.05) is 4.90 Å². The van der Waals surface area contributed by atoms with Gasteiger partial charge in [0.15, 0.2) is 0 Å². The summed E-state index contributed by atoms with van der Waals surface area (Å²) >= 11 is 15.8. The van der Waals surface area contributed by atoms with E-state index in [1.165, 1.54) is 17.0 Å². The number of anilines is 1. The third-order valence-corrected chi connectivity index (χ3v) is 4.98. The van der Waals surface area contributed by atoms with Crippen molar-refractivity contribution in [2.45, 2.75) is 13.0 Å². The van der Waals surface area contributed by atoms with Crippen LogP contribution in [-0.4, -0.2) is 24.0 Å². The van der Waals surface area contributed by atoms with Crippen LogP contribution in [0.1, 0.15) is 12.0 Å². The van der Waals surface area contributed by atoms with Gasteiger partial charge in [-0.3, -0.25) is 14.6 Å². The van der Waals surface area contributed by atoms with Gasteiger partial charge >= 0.3 is 0 Å². The van der Waals surface area contributed by atoms with E-state index in [4.69, 9.17) is 23.2 Å². The molecule has 1 fully saturated rings. The Bertz CT molecular complexity index is 811. The predicted molar refractivity (Wildman–Crippen MR) is 97.9 cm³/mol. The number of hydrogen-bond donors (Lipinski definition) is 0. The van der Waals surface area contributed by atoms with Crippen molar-refractivity contribution < 1.29 is 13.6 Å². The second-order valence-corrected chi connectivity index (χ2v) is 7.45. The summed E-state index contributed by atoms with van der Waals surface area (Å²) < 4.78 is 27.6. The molecule has 1 heterocycles. The first-order valence-corrected chi connectivity index (χ1v) is 9.01. The van der Waals surface area contributed by atoms with Crippen LogP contribution >= 0.6 is 39.1 Å². The Labute approximate surface area is 162 Å². The Morgan fingerprint density at radius 2 is 1.80 bits per heavy atom. The lowest BCUT2D eigenvalue weighted by Crippen LogP contribution is -2.48. The average Bonchev–Trinajstić information content (AvgIpc) is 2.52.